The minimum atomic E-state index is -0.251. The third kappa shape index (κ3) is 3.68. The minimum absolute atomic E-state index is 0.162. The van der Waals surface area contributed by atoms with Crippen LogP contribution in [0.15, 0.2) is 36.9 Å². The fourth-order valence-corrected chi connectivity index (χ4v) is 3.23. The predicted molar refractivity (Wildman–Crippen MR) is 88.9 cm³/mol. The maximum Gasteiger partial charge on any atom is 0.260 e. The number of benzene rings is 1. The third-order valence-corrected chi connectivity index (χ3v) is 4.32. The minimum Gasteiger partial charge on any atom is -0.383 e. The molecule has 1 heterocycles. The highest BCUT2D eigenvalue weighted by atomic mass is 16.5. The van der Waals surface area contributed by atoms with Gasteiger partial charge in [-0.2, -0.15) is 0 Å². The molecule has 2 rings (SSSR count). The molecule has 5 heteroatoms. The quantitative estimate of drug-likeness (QED) is 0.573. The molecule has 1 aliphatic heterocycles. The van der Waals surface area contributed by atoms with Crippen LogP contribution in [0.25, 0.3) is 0 Å². The summed E-state index contributed by atoms with van der Waals surface area (Å²) < 4.78 is 5.29. The number of hydrazine groups is 1. The number of hydrogen-bond acceptors (Lipinski definition) is 4. The second-order valence-electron chi connectivity index (χ2n) is 5.72. The molecule has 1 aromatic carbocycles. The Bertz CT molecular complexity index is 573. The van der Waals surface area contributed by atoms with Crippen LogP contribution in [0, 0.1) is 0 Å². The summed E-state index contributed by atoms with van der Waals surface area (Å²) in [5, 5.41) is 3.77. The summed E-state index contributed by atoms with van der Waals surface area (Å²) in [5.74, 6) is -0.166. The molecular weight excluding hydrogens is 292 g/mol. The van der Waals surface area contributed by atoms with Gasteiger partial charge in [-0.05, 0) is 31.4 Å². The molecule has 5 nitrogen and oxygen atoms in total. The lowest BCUT2D eigenvalue weighted by molar-refractivity contribution is -0.153. The average molecular weight is 316 g/mol. The Morgan fingerprint density at radius 1 is 1.52 bits per heavy atom. The second kappa shape index (κ2) is 8.04. The van der Waals surface area contributed by atoms with E-state index < -0.39 is 0 Å². The first-order valence-electron chi connectivity index (χ1n) is 7.89. The standard InChI is InChI=1S/C18H24N2O3/c1-4-18(22)20(19-11-7-9-16(19)13-23-3)14(2)17-10-6-5-8-15(17)12-21/h4-6,8,10,12,14,16H,1,7,9,11,13H2,2-3H3/t14-,16+/m1/s1. The largest absolute Gasteiger partial charge is 0.383 e. The highest BCUT2D eigenvalue weighted by Crippen LogP contribution is 2.30. The van der Waals surface area contributed by atoms with Crippen molar-refractivity contribution in [3.05, 3.63) is 48.0 Å². The number of rotatable bonds is 7. The van der Waals surface area contributed by atoms with Gasteiger partial charge in [-0.3, -0.25) is 14.6 Å². The van der Waals surface area contributed by atoms with E-state index >= 15 is 0 Å². The third-order valence-electron chi connectivity index (χ3n) is 4.32. The molecule has 124 valence electrons. The molecule has 0 unspecified atom stereocenters. The summed E-state index contributed by atoms with van der Waals surface area (Å²) in [4.78, 5) is 23.8. The molecule has 0 bridgehead atoms. The maximum absolute atomic E-state index is 12.5. The van der Waals surface area contributed by atoms with Gasteiger partial charge in [-0.25, -0.2) is 5.01 Å². The zero-order valence-corrected chi connectivity index (χ0v) is 13.8. The number of nitrogens with zero attached hydrogens (tertiary/aromatic N) is 2. The Morgan fingerprint density at radius 2 is 2.26 bits per heavy atom. The Morgan fingerprint density at radius 3 is 2.91 bits per heavy atom. The van der Waals surface area contributed by atoms with Gasteiger partial charge in [0.25, 0.3) is 5.91 Å². The number of hydrogen-bond donors (Lipinski definition) is 0. The highest BCUT2D eigenvalue weighted by molar-refractivity contribution is 5.87. The summed E-state index contributed by atoms with van der Waals surface area (Å²) >= 11 is 0. The van der Waals surface area contributed by atoms with Crippen molar-refractivity contribution in [3.63, 3.8) is 0 Å². The number of carbonyl (C=O) groups is 2. The van der Waals surface area contributed by atoms with Crippen LogP contribution in [0.1, 0.15) is 41.7 Å². The summed E-state index contributed by atoms with van der Waals surface area (Å²) in [7, 11) is 1.67. The number of ether oxygens (including phenoxy) is 1. The molecule has 1 amide bonds. The molecule has 0 aliphatic carbocycles. The van der Waals surface area contributed by atoms with Crippen molar-refractivity contribution in [2.24, 2.45) is 0 Å². The number of methoxy groups -OCH3 is 1. The number of amides is 1. The zero-order chi connectivity index (χ0) is 16.8. The lowest BCUT2D eigenvalue weighted by Crippen LogP contribution is -2.50. The number of aldehydes is 1. The Labute approximate surface area is 137 Å². The van der Waals surface area contributed by atoms with E-state index in [-0.39, 0.29) is 18.0 Å². The monoisotopic (exact) mass is 316 g/mol. The van der Waals surface area contributed by atoms with Crippen LogP contribution < -0.4 is 0 Å². The molecule has 0 spiro atoms. The van der Waals surface area contributed by atoms with Crippen molar-refractivity contribution in [2.75, 3.05) is 20.3 Å². The van der Waals surface area contributed by atoms with Crippen molar-refractivity contribution in [1.82, 2.24) is 10.0 Å². The van der Waals surface area contributed by atoms with Crippen molar-refractivity contribution >= 4 is 12.2 Å². The molecule has 0 aromatic heterocycles. The smallest absolute Gasteiger partial charge is 0.260 e. The fourth-order valence-electron chi connectivity index (χ4n) is 3.23. The van der Waals surface area contributed by atoms with E-state index in [1.165, 1.54) is 6.08 Å². The van der Waals surface area contributed by atoms with Gasteiger partial charge in [-0.15, -0.1) is 0 Å². The topological polar surface area (TPSA) is 49.9 Å². The maximum atomic E-state index is 12.5. The molecule has 1 fully saturated rings. The summed E-state index contributed by atoms with van der Waals surface area (Å²) in [6.45, 7) is 6.93. The summed E-state index contributed by atoms with van der Waals surface area (Å²) in [6, 6.07) is 7.27. The van der Waals surface area contributed by atoms with Crippen molar-refractivity contribution in [3.8, 4) is 0 Å². The van der Waals surface area contributed by atoms with E-state index in [1.807, 2.05) is 25.1 Å². The first-order valence-corrected chi connectivity index (χ1v) is 7.89. The van der Waals surface area contributed by atoms with Crippen LogP contribution in [-0.4, -0.2) is 48.5 Å². The Kier molecular flexibility index (Phi) is 6.07. The molecule has 0 N–H and O–H groups in total. The van der Waals surface area contributed by atoms with Gasteiger partial charge in [0.1, 0.15) is 6.29 Å². The van der Waals surface area contributed by atoms with Gasteiger partial charge < -0.3 is 4.74 Å². The Hall–Kier alpha value is -1.98. The van der Waals surface area contributed by atoms with Crippen molar-refractivity contribution in [1.29, 1.82) is 0 Å². The zero-order valence-electron chi connectivity index (χ0n) is 13.8. The lowest BCUT2D eigenvalue weighted by atomic mass is 10.0. The van der Waals surface area contributed by atoms with Crippen molar-refractivity contribution in [2.45, 2.75) is 31.8 Å². The van der Waals surface area contributed by atoms with Crippen LogP contribution in [0.3, 0.4) is 0 Å². The Balaban J connectivity index is 2.36. The molecule has 2 atom stereocenters. The number of carbonyl (C=O) groups excluding carboxylic acids is 2. The first kappa shape index (κ1) is 17.4. The van der Waals surface area contributed by atoms with Crippen molar-refractivity contribution < 1.29 is 14.3 Å². The van der Waals surface area contributed by atoms with Gasteiger partial charge in [0.05, 0.1) is 18.7 Å². The molecule has 0 radical (unpaired) electrons. The molecular formula is C18H24N2O3. The van der Waals surface area contributed by atoms with Crippen LogP contribution in [0.2, 0.25) is 0 Å². The normalized spacial score (nSPS) is 19.3. The van der Waals surface area contributed by atoms with Gasteiger partial charge in [-0.1, -0.05) is 30.8 Å². The van der Waals surface area contributed by atoms with E-state index in [4.69, 9.17) is 4.74 Å². The van der Waals surface area contributed by atoms with Crippen LogP contribution in [0.5, 0.6) is 0 Å². The molecule has 1 aromatic rings. The molecule has 23 heavy (non-hydrogen) atoms. The lowest BCUT2D eigenvalue weighted by Gasteiger charge is -2.40. The van der Waals surface area contributed by atoms with E-state index in [0.717, 1.165) is 31.2 Å². The highest BCUT2D eigenvalue weighted by Gasteiger charge is 2.35. The van der Waals surface area contributed by atoms with E-state index in [1.54, 1.807) is 18.2 Å². The van der Waals surface area contributed by atoms with E-state index in [2.05, 4.69) is 11.6 Å². The first-order chi connectivity index (χ1) is 11.1. The SMILES string of the molecule is C=CC(=O)N([C@H](C)c1ccccc1C=O)N1CCC[C@H]1COC. The van der Waals surface area contributed by atoms with Crippen LogP contribution in [0.4, 0.5) is 0 Å². The van der Waals surface area contributed by atoms with Gasteiger partial charge in [0.2, 0.25) is 0 Å². The molecule has 1 aliphatic rings. The summed E-state index contributed by atoms with van der Waals surface area (Å²) in [5.41, 5.74) is 1.44. The van der Waals surface area contributed by atoms with Gasteiger partial charge >= 0.3 is 0 Å². The van der Waals surface area contributed by atoms with Crippen LogP contribution >= 0.6 is 0 Å². The predicted octanol–water partition coefficient (Wildman–Crippen LogP) is 2.60. The van der Waals surface area contributed by atoms with E-state index in [0.29, 0.717) is 12.2 Å². The second-order valence-corrected chi connectivity index (χ2v) is 5.72. The average Bonchev–Trinajstić information content (AvgIpc) is 3.03. The molecule has 1 saturated heterocycles. The van der Waals surface area contributed by atoms with Gasteiger partial charge in [0, 0.05) is 19.2 Å². The van der Waals surface area contributed by atoms with Crippen LogP contribution in [-0.2, 0) is 9.53 Å². The molecule has 0 saturated carbocycles. The summed E-state index contributed by atoms with van der Waals surface area (Å²) in [6.07, 6.45) is 4.15. The van der Waals surface area contributed by atoms with Gasteiger partial charge in [0.15, 0.2) is 0 Å². The fraction of sp³-hybridized carbons (Fsp3) is 0.444. The van der Waals surface area contributed by atoms with E-state index in [9.17, 15) is 9.59 Å².